The highest BCUT2D eigenvalue weighted by Crippen LogP contribution is 2.39. The SMILES string of the molecule is Cl.O=C(c1cnns1)N1CCC2(CCNCC2)CC1. The van der Waals surface area contributed by atoms with Crippen molar-refractivity contribution in [3.63, 3.8) is 0 Å². The van der Waals surface area contributed by atoms with E-state index in [0.717, 1.165) is 39.0 Å². The van der Waals surface area contributed by atoms with E-state index >= 15 is 0 Å². The summed E-state index contributed by atoms with van der Waals surface area (Å²) < 4.78 is 3.76. The Morgan fingerprint density at radius 3 is 2.53 bits per heavy atom. The van der Waals surface area contributed by atoms with E-state index in [0.29, 0.717) is 10.3 Å². The van der Waals surface area contributed by atoms with Gasteiger partial charge < -0.3 is 10.2 Å². The molecule has 2 saturated heterocycles. The van der Waals surface area contributed by atoms with Gasteiger partial charge in [-0.3, -0.25) is 4.79 Å². The molecule has 3 heterocycles. The standard InChI is InChI=1S/C12H18N4OS.ClH/c17-11(10-9-14-15-18-10)16-7-3-12(4-8-16)1-5-13-6-2-12;/h9,13H,1-8H2;1H. The van der Waals surface area contributed by atoms with Crippen molar-refractivity contribution < 1.29 is 4.79 Å². The Hall–Kier alpha value is -0.720. The zero-order valence-corrected chi connectivity index (χ0v) is 12.4. The minimum Gasteiger partial charge on any atom is -0.338 e. The molecule has 3 rings (SSSR count). The van der Waals surface area contributed by atoms with Crippen LogP contribution in [-0.4, -0.2) is 46.6 Å². The van der Waals surface area contributed by atoms with Crippen molar-refractivity contribution in [1.29, 1.82) is 0 Å². The van der Waals surface area contributed by atoms with Gasteiger partial charge in [-0.25, -0.2) is 0 Å². The van der Waals surface area contributed by atoms with Gasteiger partial charge in [-0.1, -0.05) is 4.49 Å². The number of nitrogens with one attached hydrogen (secondary N) is 1. The molecule has 0 bridgehead atoms. The van der Waals surface area contributed by atoms with Crippen LogP contribution in [0.1, 0.15) is 35.4 Å². The van der Waals surface area contributed by atoms with Crippen LogP contribution in [0.15, 0.2) is 6.20 Å². The monoisotopic (exact) mass is 302 g/mol. The number of rotatable bonds is 1. The molecular weight excluding hydrogens is 284 g/mol. The van der Waals surface area contributed by atoms with E-state index in [4.69, 9.17) is 0 Å². The number of carbonyl (C=O) groups excluding carboxylic acids is 1. The van der Waals surface area contributed by atoms with Crippen LogP contribution in [0.4, 0.5) is 0 Å². The number of aromatic nitrogens is 2. The maximum atomic E-state index is 12.2. The fraction of sp³-hybridized carbons (Fsp3) is 0.750. The summed E-state index contributed by atoms with van der Waals surface area (Å²) in [6.45, 7) is 4.03. The number of nitrogens with zero attached hydrogens (tertiary/aromatic N) is 3. The molecule has 5 nitrogen and oxygen atoms in total. The van der Waals surface area contributed by atoms with Gasteiger partial charge in [0, 0.05) is 13.1 Å². The molecule has 2 fully saturated rings. The number of carbonyl (C=O) groups is 1. The summed E-state index contributed by atoms with van der Waals surface area (Å²) in [4.78, 5) is 14.8. The summed E-state index contributed by atoms with van der Waals surface area (Å²) in [5.74, 6) is 0.105. The molecule has 0 radical (unpaired) electrons. The minimum atomic E-state index is 0. The van der Waals surface area contributed by atoms with E-state index in [1.807, 2.05) is 4.90 Å². The lowest BCUT2D eigenvalue weighted by molar-refractivity contribution is 0.0499. The van der Waals surface area contributed by atoms with Gasteiger partial charge in [-0.2, -0.15) is 0 Å². The zero-order valence-electron chi connectivity index (χ0n) is 10.8. The van der Waals surface area contributed by atoms with Gasteiger partial charge in [0.25, 0.3) is 5.91 Å². The van der Waals surface area contributed by atoms with Gasteiger partial charge in [0.1, 0.15) is 4.88 Å². The number of halogens is 1. The first kappa shape index (κ1) is 14.7. The van der Waals surface area contributed by atoms with Crippen molar-refractivity contribution in [2.24, 2.45) is 5.41 Å². The summed E-state index contributed by atoms with van der Waals surface area (Å²) >= 11 is 1.19. The maximum Gasteiger partial charge on any atom is 0.267 e. The average molecular weight is 303 g/mol. The topological polar surface area (TPSA) is 58.1 Å². The van der Waals surface area contributed by atoms with E-state index < -0.39 is 0 Å². The molecule has 7 heteroatoms. The van der Waals surface area contributed by atoms with E-state index in [-0.39, 0.29) is 18.3 Å². The third-order valence-electron chi connectivity index (χ3n) is 4.35. The maximum absolute atomic E-state index is 12.2. The zero-order chi connectivity index (χ0) is 12.4. The number of hydrogen-bond acceptors (Lipinski definition) is 5. The lowest BCUT2D eigenvalue weighted by atomic mass is 9.71. The molecule has 0 atom stereocenters. The number of amides is 1. The highest BCUT2D eigenvalue weighted by molar-refractivity contribution is 7.07. The molecule has 1 N–H and O–H groups in total. The molecule has 2 aliphatic heterocycles. The average Bonchev–Trinajstić information content (AvgIpc) is 2.94. The number of likely N-dealkylation sites (tertiary alicyclic amines) is 1. The Balaban J connectivity index is 0.00000133. The second kappa shape index (κ2) is 6.15. The molecular formula is C12H19ClN4OS. The van der Waals surface area contributed by atoms with Crippen LogP contribution >= 0.6 is 23.9 Å². The molecule has 0 aromatic carbocycles. The predicted molar refractivity (Wildman–Crippen MR) is 76.8 cm³/mol. The van der Waals surface area contributed by atoms with Gasteiger partial charge in [0.15, 0.2) is 0 Å². The molecule has 1 aromatic heterocycles. The molecule has 106 valence electrons. The van der Waals surface area contributed by atoms with Crippen molar-refractivity contribution in [1.82, 2.24) is 19.8 Å². The predicted octanol–water partition coefficient (Wildman–Crippen LogP) is 1.57. The van der Waals surface area contributed by atoms with E-state index in [1.54, 1.807) is 6.20 Å². The van der Waals surface area contributed by atoms with Crippen LogP contribution in [0.3, 0.4) is 0 Å². The van der Waals surface area contributed by atoms with Crippen molar-refractivity contribution in [2.45, 2.75) is 25.7 Å². The van der Waals surface area contributed by atoms with E-state index in [1.165, 1.54) is 24.4 Å². The second-order valence-electron chi connectivity index (χ2n) is 5.32. The van der Waals surface area contributed by atoms with Gasteiger partial charge in [-0.05, 0) is 55.7 Å². The summed E-state index contributed by atoms with van der Waals surface area (Å²) in [5.41, 5.74) is 0.494. The molecule has 19 heavy (non-hydrogen) atoms. The third kappa shape index (κ3) is 3.07. The quantitative estimate of drug-likeness (QED) is 0.855. The lowest BCUT2D eigenvalue weighted by Gasteiger charge is -2.44. The van der Waals surface area contributed by atoms with Crippen molar-refractivity contribution in [3.8, 4) is 0 Å². The van der Waals surface area contributed by atoms with E-state index in [9.17, 15) is 4.79 Å². The summed E-state index contributed by atoms with van der Waals surface area (Å²) in [5, 5.41) is 7.15. The van der Waals surface area contributed by atoms with Gasteiger partial charge in [0.05, 0.1) is 6.20 Å². The lowest BCUT2D eigenvalue weighted by Crippen LogP contribution is -2.47. The van der Waals surface area contributed by atoms with Gasteiger partial charge >= 0.3 is 0 Å². The van der Waals surface area contributed by atoms with Crippen LogP contribution in [0.5, 0.6) is 0 Å². The minimum absolute atomic E-state index is 0. The molecule has 0 aliphatic carbocycles. The van der Waals surface area contributed by atoms with E-state index in [2.05, 4.69) is 14.9 Å². The van der Waals surface area contributed by atoms with Crippen LogP contribution in [-0.2, 0) is 0 Å². The summed E-state index contributed by atoms with van der Waals surface area (Å²) in [6.07, 6.45) is 6.38. The normalized spacial score (nSPS) is 22.0. The van der Waals surface area contributed by atoms with Crippen molar-refractivity contribution in [2.75, 3.05) is 26.2 Å². The Bertz CT molecular complexity index is 409. The third-order valence-corrected chi connectivity index (χ3v) is 5.00. The Kier molecular flexibility index (Phi) is 4.76. The Morgan fingerprint density at radius 1 is 1.26 bits per heavy atom. The van der Waals surface area contributed by atoms with Gasteiger partial charge in [-0.15, -0.1) is 17.5 Å². The first-order valence-corrected chi connectivity index (χ1v) is 7.34. The van der Waals surface area contributed by atoms with Crippen LogP contribution in [0, 0.1) is 5.41 Å². The fourth-order valence-electron chi connectivity index (χ4n) is 3.06. The molecule has 0 saturated carbocycles. The van der Waals surface area contributed by atoms with Gasteiger partial charge in [0.2, 0.25) is 0 Å². The first-order valence-electron chi connectivity index (χ1n) is 6.57. The largest absolute Gasteiger partial charge is 0.338 e. The molecule has 0 unspecified atom stereocenters. The molecule has 1 spiro atoms. The summed E-state index contributed by atoms with van der Waals surface area (Å²) in [6, 6.07) is 0. The fourth-order valence-corrected chi connectivity index (χ4v) is 3.54. The Morgan fingerprint density at radius 2 is 1.95 bits per heavy atom. The molecule has 1 amide bonds. The highest BCUT2D eigenvalue weighted by atomic mass is 35.5. The van der Waals surface area contributed by atoms with Crippen LogP contribution in [0.2, 0.25) is 0 Å². The molecule has 1 aromatic rings. The van der Waals surface area contributed by atoms with Crippen LogP contribution in [0.25, 0.3) is 0 Å². The highest BCUT2D eigenvalue weighted by Gasteiger charge is 2.37. The first-order chi connectivity index (χ1) is 8.79. The Labute approximate surface area is 123 Å². The number of piperidine rings is 2. The summed E-state index contributed by atoms with van der Waals surface area (Å²) in [7, 11) is 0. The van der Waals surface area contributed by atoms with Crippen molar-refractivity contribution in [3.05, 3.63) is 11.1 Å². The second-order valence-corrected chi connectivity index (χ2v) is 6.11. The molecule has 2 aliphatic rings. The van der Waals surface area contributed by atoms with Crippen molar-refractivity contribution >= 4 is 29.8 Å². The number of hydrogen-bond donors (Lipinski definition) is 1. The van der Waals surface area contributed by atoms with Crippen LogP contribution < -0.4 is 5.32 Å². The smallest absolute Gasteiger partial charge is 0.267 e.